The smallest absolute Gasteiger partial charge is 0.298 e. The summed E-state index contributed by atoms with van der Waals surface area (Å²) in [5.74, 6) is -0.316. The fourth-order valence-electron chi connectivity index (χ4n) is 3.86. The zero-order valence-electron chi connectivity index (χ0n) is 17.2. The van der Waals surface area contributed by atoms with Gasteiger partial charge in [0.15, 0.2) is 0 Å². The van der Waals surface area contributed by atoms with E-state index in [0.717, 1.165) is 34.4 Å². The number of para-hydroxylation sites is 1. The third-order valence-electron chi connectivity index (χ3n) is 5.30. The summed E-state index contributed by atoms with van der Waals surface area (Å²) in [5.41, 5.74) is 7.08. The van der Waals surface area contributed by atoms with Gasteiger partial charge >= 0.3 is 0 Å². The predicted octanol–water partition coefficient (Wildman–Crippen LogP) is 6.61. The van der Waals surface area contributed by atoms with Crippen LogP contribution in [0, 0.1) is 27.7 Å². The molecule has 30 heavy (non-hydrogen) atoms. The summed E-state index contributed by atoms with van der Waals surface area (Å²) in [6.45, 7) is 8.28. The van der Waals surface area contributed by atoms with E-state index >= 15 is 0 Å². The SMILES string of the molecule is Cc1cccc(C)c1-n1c(C)cc(/C=C2\SC(=O)N(c3ccc(Cl)cc3)C2=O)c1C. The summed E-state index contributed by atoms with van der Waals surface area (Å²) in [6, 6.07) is 15.0. The van der Waals surface area contributed by atoms with Crippen molar-refractivity contribution in [2.24, 2.45) is 0 Å². The molecule has 2 aromatic carbocycles. The molecule has 0 N–H and O–H groups in total. The van der Waals surface area contributed by atoms with Crippen molar-refractivity contribution >= 4 is 46.3 Å². The number of rotatable bonds is 3. The first-order valence-electron chi connectivity index (χ1n) is 9.57. The molecule has 1 aliphatic heterocycles. The number of imide groups is 1. The van der Waals surface area contributed by atoms with E-state index in [0.29, 0.717) is 15.6 Å². The van der Waals surface area contributed by atoms with E-state index in [1.807, 2.05) is 13.0 Å². The van der Waals surface area contributed by atoms with Crippen molar-refractivity contribution < 1.29 is 9.59 Å². The summed E-state index contributed by atoms with van der Waals surface area (Å²) in [6.07, 6.45) is 1.81. The van der Waals surface area contributed by atoms with Crippen LogP contribution in [0.15, 0.2) is 53.4 Å². The molecule has 6 heteroatoms. The van der Waals surface area contributed by atoms with Crippen molar-refractivity contribution in [1.82, 2.24) is 4.57 Å². The second kappa shape index (κ2) is 7.82. The number of carbonyl (C=O) groups is 2. The molecule has 1 fully saturated rings. The van der Waals surface area contributed by atoms with Crippen LogP contribution in [0.1, 0.15) is 28.1 Å². The Bertz CT molecular complexity index is 1190. The Labute approximate surface area is 185 Å². The van der Waals surface area contributed by atoms with Gasteiger partial charge in [0, 0.05) is 16.4 Å². The van der Waals surface area contributed by atoms with Gasteiger partial charge < -0.3 is 4.57 Å². The third kappa shape index (κ3) is 3.48. The Hall–Kier alpha value is -2.76. The molecule has 2 heterocycles. The van der Waals surface area contributed by atoms with E-state index in [2.05, 4.69) is 49.6 Å². The second-order valence-electron chi connectivity index (χ2n) is 7.40. The van der Waals surface area contributed by atoms with Gasteiger partial charge in [0.2, 0.25) is 0 Å². The first kappa shape index (κ1) is 20.5. The molecular weight excluding hydrogens is 416 g/mol. The quantitative estimate of drug-likeness (QED) is 0.434. The molecule has 0 aliphatic carbocycles. The molecule has 4 nitrogen and oxygen atoms in total. The van der Waals surface area contributed by atoms with Crippen molar-refractivity contribution in [1.29, 1.82) is 0 Å². The van der Waals surface area contributed by atoms with Gasteiger partial charge in [-0.2, -0.15) is 0 Å². The summed E-state index contributed by atoms with van der Waals surface area (Å²) in [7, 11) is 0. The highest BCUT2D eigenvalue weighted by Gasteiger charge is 2.36. The predicted molar refractivity (Wildman–Crippen MR) is 125 cm³/mol. The van der Waals surface area contributed by atoms with Crippen molar-refractivity contribution in [2.45, 2.75) is 27.7 Å². The fourth-order valence-corrected chi connectivity index (χ4v) is 4.82. The maximum absolute atomic E-state index is 13.0. The van der Waals surface area contributed by atoms with Gasteiger partial charge in [-0.15, -0.1) is 0 Å². The summed E-state index contributed by atoms with van der Waals surface area (Å²) in [4.78, 5) is 27.1. The minimum Gasteiger partial charge on any atom is -0.317 e. The molecule has 2 amide bonds. The highest BCUT2D eigenvalue weighted by Crippen LogP contribution is 2.37. The number of anilines is 1. The van der Waals surface area contributed by atoms with E-state index < -0.39 is 0 Å². The van der Waals surface area contributed by atoms with Crippen molar-refractivity contribution in [3.8, 4) is 5.69 Å². The molecule has 1 saturated heterocycles. The van der Waals surface area contributed by atoms with Crippen LogP contribution in [-0.2, 0) is 4.79 Å². The fraction of sp³-hybridized carbons (Fsp3) is 0.167. The van der Waals surface area contributed by atoms with Crippen molar-refractivity contribution in [3.63, 3.8) is 0 Å². The lowest BCUT2D eigenvalue weighted by Crippen LogP contribution is -2.27. The molecule has 0 atom stereocenters. The van der Waals surface area contributed by atoms with E-state index in [4.69, 9.17) is 11.6 Å². The van der Waals surface area contributed by atoms with Crippen LogP contribution in [-0.4, -0.2) is 15.7 Å². The molecule has 0 spiro atoms. The average Bonchev–Trinajstić information content (AvgIpc) is 3.12. The Morgan fingerprint density at radius 1 is 0.933 bits per heavy atom. The lowest BCUT2D eigenvalue weighted by molar-refractivity contribution is -0.113. The van der Waals surface area contributed by atoms with Crippen molar-refractivity contribution in [2.75, 3.05) is 4.90 Å². The molecule has 1 aromatic heterocycles. The molecule has 4 rings (SSSR count). The monoisotopic (exact) mass is 436 g/mol. The lowest BCUT2D eigenvalue weighted by Gasteiger charge is -2.15. The van der Waals surface area contributed by atoms with E-state index in [9.17, 15) is 9.59 Å². The standard InChI is InChI=1S/C24H21ClN2O2S/c1-14-6-5-7-15(2)22(14)26-16(3)12-18(17(26)4)13-21-23(28)27(24(29)30-21)20-10-8-19(25)9-11-20/h5-13H,1-4H3/b21-13-. The number of aromatic nitrogens is 1. The van der Waals surface area contributed by atoms with E-state index in [-0.39, 0.29) is 11.1 Å². The van der Waals surface area contributed by atoms with Crippen LogP contribution < -0.4 is 4.90 Å². The largest absolute Gasteiger partial charge is 0.317 e. The highest BCUT2D eigenvalue weighted by molar-refractivity contribution is 8.19. The minimum absolute atomic E-state index is 0.308. The Kier molecular flexibility index (Phi) is 5.35. The van der Waals surface area contributed by atoms with E-state index in [1.165, 1.54) is 16.0 Å². The average molecular weight is 437 g/mol. The van der Waals surface area contributed by atoms with Gasteiger partial charge in [-0.05, 0) is 92.6 Å². The molecule has 0 bridgehead atoms. The van der Waals surface area contributed by atoms with Gasteiger partial charge in [-0.1, -0.05) is 29.8 Å². The molecule has 1 aliphatic rings. The number of amides is 2. The van der Waals surface area contributed by atoms with Gasteiger partial charge in [-0.25, -0.2) is 4.90 Å². The zero-order valence-corrected chi connectivity index (χ0v) is 18.8. The number of nitrogens with zero attached hydrogens (tertiary/aromatic N) is 2. The minimum atomic E-state index is -0.316. The number of halogens is 1. The maximum atomic E-state index is 13.0. The molecule has 152 valence electrons. The number of hydrogen-bond acceptors (Lipinski definition) is 3. The Morgan fingerprint density at radius 3 is 2.20 bits per heavy atom. The van der Waals surface area contributed by atoms with Gasteiger partial charge in [-0.3, -0.25) is 9.59 Å². The summed E-state index contributed by atoms with van der Waals surface area (Å²) >= 11 is 6.88. The Balaban J connectivity index is 1.74. The van der Waals surface area contributed by atoms with Gasteiger partial charge in [0.25, 0.3) is 11.1 Å². The van der Waals surface area contributed by atoms with Crippen LogP contribution >= 0.6 is 23.4 Å². The zero-order chi connectivity index (χ0) is 21.6. The molecule has 3 aromatic rings. The normalized spacial score (nSPS) is 15.5. The van der Waals surface area contributed by atoms with Crippen LogP contribution in [0.2, 0.25) is 5.02 Å². The lowest BCUT2D eigenvalue weighted by atomic mass is 10.1. The number of carbonyl (C=O) groups excluding carboxylic acids is 2. The first-order valence-corrected chi connectivity index (χ1v) is 10.8. The van der Waals surface area contributed by atoms with Gasteiger partial charge in [0.05, 0.1) is 16.3 Å². The second-order valence-corrected chi connectivity index (χ2v) is 8.83. The highest BCUT2D eigenvalue weighted by atomic mass is 35.5. The summed E-state index contributed by atoms with van der Waals surface area (Å²) < 4.78 is 2.21. The van der Waals surface area contributed by atoms with Crippen LogP contribution in [0.5, 0.6) is 0 Å². The van der Waals surface area contributed by atoms with Crippen molar-refractivity contribution in [3.05, 3.63) is 86.5 Å². The van der Waals surface area contributed by atoms with Gasteiger partial charge in [0.1, 0.15) is 0 Å². The molecule has 0 radical (unpaired) electrons. The first-order chi connectivity index (χ1) is 14.3. The van der Waals surface area contributed by atoms with Crippen LogP contribution in [0.25, 0.3) is 11.8 Å². The summed E-state index contributed by atoms with van der Waals surface area (Å²) in [5, 5.41) is 0.248. The molecule has 0 saturated carbocycles. The molecule has 0 unspecified atom stereocenters. The number of hydrogen-bond donors (Lipinski definition) is 0. The Morgan fingerprint density at radius 2 is 1.57 bits per heavy atom. The van der Waals surface area contributed by atoms with Crippen LogP contribution in [0.4, 0.5) is 10.5 Å². The number of aryl methyl sites for hydroxylation is 3. The van der Waals surface area contributed by atoms with Crippen LogP contribution in [0.3, 0.4) is 0 Å². The maximum Gasteiger partial charge on any atom is 0.298 e. The number of benzene rings is 2. The number of thioether (sulfide) groups is 1. The topological polar surface area (TPSA) is 42.3 Å². The van der Waals surface area contributed by atoms with E-state index in [1.54, 1.807) is 24.3 Å². The molecular formula is C24H21ClN2O2S. The third-order valence-corrected chi connectivity index (χ3v) is 6.42.